The highest BCUT2D eigenvalue weighted by Crippen LogP contribution is 2.28. The summed E-state index contributed by atoms with van der Waals surface area (Å²) in [4.78, 5) is 75.6. The third kappa shape index (κ3) is 18.5. The summed E-state index contributed by atoms with van der Waals surface area (Å²) in [6, 6.07) is 15.3. The number of hydrogen-bond acceptors (Lipinski definition) is 13. The van der Waals surface area contributed by atoms with Gasteiger partial charge in [-0.25, -0.2) is 9.59 Å². The van der Waals surface area contributed by atoms with Crippen LogP contribution < -0.4 is 20.9 Å². The molecule has 2 saturated heterocycles. The van der Waals surface area contributed by atoms with Gasteiger partial charge in [-0.2, -0.15) is 0 Å². The number of carbonyl (C=O) groups excluding carboxylic acids is 6. The summed E-state index contributed by atoms with van der Waals surface area (Å²) in [6.07, 6.45) is -0.325. The number of halogens is 1. The molecule has 17 heteroatoms. The lowest BCUT2D eigenvalue weighted by molar-refractivity contribution is -0.142. The molecule has 2 fully saturated rings. The number of para-hydroxylation sites is 4. The molecule has 2 heterocycles. The molecular formula is C40H59ClN6O10. The van der Waals surface area contributed by atoms with E-state index < -0.39 is 28.4 Å². The van der Waals surface area contributed by atoms with Gasteiger partial charge in [-0.1, -0.05) is 24.3 Å². The number of nitrogens with one attached hydrogen (secondary N) is 1. The number of esters is 2. The van der Waals surface area contributed by atoms with Crippen molar-refractivity contribution in [3.8, 4) is 0 Å². The van der Waals surface area contributed by atoms with E-state index >= 15 is 0 Å². The van der Waals surface area contributed by atoms with E-state index in [-0.39, 0.29) is 43.8 Å². The van der Waals surface area contributed by atoms with E-state index in [2.05, 4.69) is 24.6 Å². The van der Waals surface area contributed by atoms with Crippen LogP contribution in [0.2, 0.25) is 0 Å². The fourth-order valence-electron chi connectivity index (χ4n) is 5.38. The Morgan fingerprint density at radius 3 is 1.44 bits per heavy atom. The maximum Gasteiger partial charge on any atom is 0.410 e. The van der Waals surface area contributed by atoms with Crippen LogP contribution in [0.3, 0.4) is 0 Å². The Bertz CT molecular complexity index is 1650. The molecule has 316 valence electrons. The van der Waals surface area contributed by atoms with Crippen molar-refractivity contribution in [2.75, 3.05) is 87.4 Å². The lowest BCUT2D eigenvalue weighted by atomic mass is 10.2. The van der Waals surface area contributed by atoms with Crippen molar-refractivity contribution < 1.29 is 47.7 Å². The minimum Gasteiger partial charge on any atom is -0.469 e. The lowest BCUT2D eigenvalue weighted by Gasteiger charge is -2.37. The molecule has 2 aliphatic rings. The van der Waals surface area contributed by atoms with E-state index in [1.165, 1.54) is 14.2 Å². The van der Waals surface area contributed by atoms with Crippen molar-refractivity contribution >= 4 is 69.6 Å². The highest BCUT2D eigenvalue weighted by Gasteiger charge is 2.28. The number of nitrogens with zero attached hydrogens (tertiary/aromatic N) is 4. The topological polar surface area (TPSA) is 190 Å². The van der Waals surface area contributed by atoms with E-state index in [4.69, 9.17) is 26.8 Å². The normalized spacial score (nSPS) is 14.1. The van der Waals surface area contributed by atoms with Gasteiger partial charge in [0.1, 0.15) is 11.2 Å². The molecule has 0 aromatic heterocycles. The predicted molar refractivity (Wildman–Crippen MR) is 219 cm³/mol. The average Bonchev–Trinajstić information content (AvgIpc) is 3.15. The Morgan fingerprint density at radius 2 is 1.02 bits per heavy atom. The highest BCUT2D eigenvalue weighted by molar-refractivity contribution is 6.63. The van der Waals surface area contributed by atoms with Gasteiger partial charge in [0.2, 0.25) is 11.1 Å². The SMILES string of the molecule is CC(C)(C)OC(=O)N1CCN(c2ccccc2N)CC1.COC(=O)CCC(=O)Cl.COC(=O)CCC(=O)Nc1ccccc1N1CCN(C(=O)OC(C)(C)C)CC1. The zero-order valence-electron chi connectivity index (χ0n) is 34.4. The monoisotopic (exact) mass is 818 g/mol. The van der Waals surface area contributed by atoms with Gasteiger partial charge in [-0.15, -0.1) is 0 Å². The van der Waals surface area contributed by atoms with Crippen LogP contribution in [0.25, 0.3) is 0 Å². The van der Waals surface area contributed by atoms with E-state index in [9.17, 15) is 28.8 Å². The quantitative estimate of drug-likeness (QED) is 0.136. The standard InChI is InChI=1S/C20H29N3O5.C15H23N3O2.C5H7ClO3/c1-20(2,3)28-19(26)23-13-11-22(12-14-23)16-8-6-5-7-15(16)21-17(24)9-10-18(25)27-4;1-15(2,3)20-14(19)18-10-8-17(9-11-18)13-7-5-4-6-12(13)16;1-9-5(8)3-2-4(6)7/h5-8H,9-14H2,1-4H3,(H,21,24);4-7H,8-11,16H2,1-3H3;2-3H2,1H3. The summed E-state index contributed by atoms with van der Waals surface area (Å²) in [5.41, 5.74) is 8.40. The Labute approximate surface area is 340 Å². The predicted octanol–water partition coefficient (Wildman–Crippen LogP) is 5.67. The van der Waals surface area contributed by atoms with Crippen molar-refractivity contribution in [2.24, 2.45) is 0 Å². The number of methoxy groups -OCH3 is 2. The van der Waals surface area contributed by atoms with Gasteiger partial charge in [-0.05, 0) is 77.4 Å². The summed E-state index contributed by atoms with van der Waals surface area (Å²) in [5, 5.41) is 2.35. The average molecular weight is 819 g/mol. The van der Waals surface area contributed by atoms with Crippen LogP contribution in [-0.2, 0) is 38.1 Å². The van der Waals surface area contributed by atoms with Gasteiger partial charge in [-0.3, -0.25) is 19.2 Å². The second-order valence-electron chi connectivity index (χ2n) is 15.0. The molecule has 3 N–H and O–H groups in total. The Hall–Kier alpha value is -5.25. The maximum absolute atomic E-state index is 12.2. The van der Waals surface area contributed by atoms with Crippen molar-refractivity contribution in [3.05, 3.63) is 48.5 Å². The number of ether oxygens (including phenoxy) is 4. The first-order chi connectivity index (χ1) is 26.7. The summed E-state index contributed by atoms with van der Waals surface area (Å²) in [5.74, 6) is -1.07. The minimum atomic E-state index is -0.519. The summed E-state index contributed by atoms with van der Waals surface area (Å²) in [7, 11) is 2.56. The van der Waals surface area contributed by atoms with Crippen LogP contribution in [0.15, 0.2) is 48.5 Å². The van der Waals surface area contributed by atoms with E-state index in [1.54, 1.807) is 9.80 Å². The van der Waals surface area contributed by atoms with Gasteiger partial charge in [0.05, 0.1) is 49.8 Å². The van der Waals surface area contributed by atoms with Crippen molar-refractivity contribution in [2.45, 2.75) is 78.4 Å². The van der Waals surface area contributed by atoms with Gasteiger partial charge in [0, 0.05) is 65.2 Å². The number of anilines is 4. The molecule has 0 atom stereocenters. The van der Waals surface area contributed by atoms with Gasteiger partial charge in [0.15, 0.2) is 0 Å². The Balaban J connectivity index is 0.000000335. The number of carbonyl (C=O) groups is 6. The molecule has 0 unspecified atom stereocenters. The van der Waals surface area contributed by atoms with Gasteiger partial charge < -0.3 is 49.6 Å². The van der Waals surface area contributed by atoms with Crippen LogP contribution in [0.4, 0.5) is 32.3 Å². The third-order valence-corrected chi connectivity index (χ3v) is 8.39. The van der Waals surface area contributed by atoms with Crippen LogP contribution in [0, 0.1) is 0 Å². The molecule has 0 spiro atoms. The first kappa shape index (κ1) is 47.9. The molecule has 4 rings (SSSR count). The van der Waals surface area contributed by atoms with Crippen molar-refractivity contribution in [1.82, 2.24) is 9.80 Å². The molecule has 0 bridgehead atoms. The first-order valence-corrected chi connectivity index (χ1v) is 19.1. The molecule has 0 radical (unpaired) electrons. The molecule has 3 amide bonds. The molecule has 0 saturated carbocycles. The smallest absolute Gasteiger partial charge is 0.410 e. The summed E-state index contributed by atoms with van der Waals surface area (Å²) >= 11 is 4.93. The van der Waals surface area contributed by atoms with Crippen LogP contribution >= 0.6 is 11.6 Å². The molecule has 0 aliphatic carbocycles. The fourth-order valence-corrected chi connectivity index (χ4v) is 5.47. The molecule has 2 aromatic carbocycles. The van der Waals surface area contributed by atoms with Crippen LogP contribution in [0.5, 0.6) is 0 Å². The van der Waals surface area contributed by atoms with Crippen LogP contribution in [0.1, 0.15) is 67.2 Å². The van der Waals surface area contributed by atoms with E-state index in [0.29, 0.717) is 45.0 Å². The van der Waals surface area contributed by atoms with E-state index in [1.807, 2.05) is 90.1 Å². The zero-order chi connectivity index (χ0) is 42.8. The lowest BCUT2D eigenvalue weighted by Crippen LogP contribution is -2.50. The number of amides is 3. The number of nitrogen functional groups attached to an aromatic ring is 1. The molecule has 2 aromatic rings. The van der Waals surface area contributed by atoms with Crippen molar-refractivity contribution in [1.29, 1.82) is 0 Å². The molecular weight excluding hydrogens is 760 g/mol. The minimum absolute atomic E-state index is 0.0407. The largest absolute Gasteiger partial charge is 0.469 e. The number of piperazine rings is 2. The number of benzene rings is 2. The third-order valence-electron chi connectivity index (χ3n) is 8.20. The molecule has 16 nitrogen and oxygen atoms in total. The van der Waals surface area contributed by atoms with Crippen molar-refractivity contribution in [3.63, 3.8) is 0 Å². The molecule has 57 heavy (non-hydrogen) atoms. The van der Waals surface area contributed by atoms with Gasteiger partial charge >= 0.3 is 24.1 Å². The fraction of sp³-hybridized carbons (Fsp3) is 0.550. The number of hydrogen-bond donors (Lipinski definition) is 2. The highest BCUT2D eigenvalue weighted by atomic mass is 35.5. The first-order valence-electron chi connectivity index (χ1n) is 18.7. The second kappa shape index (κ2) is 23.1. The maximum atomic E-state index is 12.2. The zero-order valence-corrected chi connectivity index (χ0v) is 35.2. The summed E-state index contributed by atoms with van der Waals surface area (Å²) < 4.78 is 19.6. The Morgan fingerprint density at radius 1 is 0.614 bits per heavy atom. The second-order valence-corrected chi connectivity index (χ2v) is 15.5. The van der Waals surface area contributed by atoms with E-state index in [0.717, 1.165) is 30.2 Å². The molecule has 2 aliphatic heterocycles. The summed E-state index contributed by atoms with van der Waals surface area (Å²) in [6.45, 7) is 16.4. The Kier molecular flexibility index (Phi) is 19.4. The van der Waals surface area contributed by atoms with Gasteiger partial charge in [0.25, 0.3) is 0 Å². The number of nitrogens with two attached hydrogens (primary N) is 1. The number of rotatable bonds is 9. The van der Waals surface area contributed by atoms with Crippen LogP contribution in [-0.4, -0.2) is 123 Å².